The first kappa shape index (κ1) is 16.8. The fourth-order valence-electron chi connectivity index (χ4n) is 3.55. The summed E-state index contributed by atoms with van der Waals surface area (Å²) in [7, 11) is 0. The van der Waals surface area contributed by atoms with Crippen LogP contribution < -0.4 is 10.6 Å². The molecule has 1 heterocycles. The molecule has 0 unspecified atom stereocenters. The number of hydrogen-bond acceptors (Lipinski definition) is 3. The molecule has 3 rings (SSSR count). The van der Waals surface area contributed by atoms with Crippen molar-refractivity contribution in [3.8, 4) is 0 Å². The molecule has 1 aliphatic carbocycles. The Bertz CT molecular complexity index is 572. The van der Waals surface area contributed by atoms with Gasteiger partial charge in [-0.25, -0.2) is 4.79 Å². The normalized spacial score (nSPS) is 24.6. The first-order chi connectivity index (χ1) is 11.6. The Balaban J connectivity index is 1.62. The Labute approximate surface area is 142 Å². The number of amides is 3. The van der Waals surface area contributed by atoms with Crippen LogP contribution in [-0.2, 0) is 4.79 Å². The summed E-state index contributed by atoms with van der Waals surface area (Å²) in [6, 6.07) is 8.37. The molecule has 2 fully saturated rings. The van der Waals surface area contributed by atoms with Gasteiger partial charge in [0.2, 0.25) is 5.91 Å². The highest BCUT2D eigenvalue weighted by atomic mass is 16.3. The fraction of sp³-hybridized carbons (Fsp3) is 0.556. The van der Waals surface area contributed by atoms with Crippen molar-refractivity contribution in [2.24, 2.45) is 0 Å². The zero-order valence-electron chi connectivity index (χ0n) is 13.8. The van der Waals surface area contributed by atoms with Crippen molar-refractivity contribution in [2.75, 3.05) is 11.9 Å². The maximum Gasteiger partial charge on any atom is 0.322 e. The van der Waals surface area contributed by atoms with E-state index in [9.17, 15) is 14.7 Å². The highest BCUT2D eigenvalue weighted by Crippen LogP contribution is 2.22. The smallest absolute Gasteiger partial charge is 0.322 e. The minimum absolute atomic E-state index is 0.151. The van der Waals surface area contributed by atoms with Gasteiger partial charge in [-0.05, 0) is 25.0 Å². The summed E-state index contributed by atoms with van der Waals surface area (Å²) in [5.74, 6) is -0.151. The van der Waals surface area contributed by atoms with Crippen molar-refractivity contribution in [2.45, 2.75) is 56.7 Å². The lowest BCUT2D eigenvalue weighted by atomic mass is 9.95. The number of aliphatic hydroxyl groups excluding tert-OH is 1. The molecule has 0 bridgehead atoms. The predicted molar refractivity (Wildman–Crippen MR) is 91.6 cm³/mol. The summed E-state index contributed by atoms with van der Waals surface area (Å²) < 4.78 is 0. The third-order valence-electron chi connectivity index (χ3n) is 4.82. The van der Waals surface area contributed by atoms with Gasteiger partial charge in [-0.3, -0.25) is 4.79 Å². The second kappa shape index (κ2) is 7.66. The number of benzene rings is 1. The average Bonchev–Trinajstić information content (AvgIpc) is 2.99. The molecule has 2 atom stereocenters. The van der Waals surface area contributed by atoms with Gasteiger partial charge in [-0.1, -0.05) is 37.5 Å². The number of likely N-dealkylation sites (tertiary alicyclic amines) is 1. The average molecular weight is 331 g/mol. The van der Waals surface area contributed by atoms with Crippen LogP contribution in [0.15, 0.2) is 30.3 Å². The van der Waals surface area contributed by atoms with Crippen LogP contribution in [0.5, 0.6) is 0 Å². The molecule has 1 saturated carbocycles. The largest absolute Gasteiger partial charge is 0.391 e. The van der Waals surface area contributed by atoms with Crippen LogP contribution in [0.25, 0.3) is 0 Å². The molecule has 1 aliphatic heterocycles. The molecule has 1 aromatic rings. The Kier molecular flexibility index (Phi) is 5.35. The van der Waals surface area contributed by atoms with Crippen LogP contribution in [0.2, 0.25) is 0 Å². The summed E-state index contributed by atoms with van der Waals surface area (Å²) in [4.78, 5) is 26.5. The van der Waals surface area contributed by atoms with Crippen molar-refractivity contribution in [3.63, 3.8) is 0 Å². The van der Waals surface area contributed by atoms with E-state index in [1.807, 2.05) is 18.2 Å². The first-order valence-electron chi connectivity index (χ1n) is 8.74. The number of nitrogens with zero attached hydrogens (tertiary/aromatic N) is 1. The zero-order chi connectivity index (χ0) is 16.9. The molecule has 6 nitrogen and oxygen atoms in total. The molecule has 130 valence electrons. The molecule has 0 spiro atoms. The third kappa shape index (κ3) is 4.06. The number of carbonyl (C=O) groups excluding carboxylic acids is 2. The van der Waals surface area contributed by atoms with E-state index in [1.165, 1.54) is 11.3 Å². The van der Waals surface area contributed by atoms with E-state index < -0.39 is 12.1 Å². The van der Waals surface area contributed by atoms with E-state index in [0.29, 0.717) is 12.1 Å². The number of rotatable bonds is 3. The lowest BCUT2D eigenvalue weighted by Crippen LogP contribution is -2.50. The number of hydrogen-bond donors (Lipinski definition) is 3. The lowest BCUT2D eigenvalue weighted by Gasteiger charge is -2.28. The Morgan fingerprint density at radius 2 is 1.79 bits per heavy atom. The topological polar surface area (TPSA) is 81.7 Å². The minimum atomic E-state index is -0.659. The zero-order valence-corrected chi connectivity index (χ0v) is 13.8. The van der Waals surface area contributed by atoms with Gasteiger partial charge >= 0.3 is 6.03 Å². The fourth-order valence-corrected chi connectivity index (χ4v) is 3.55. The summed E-state index contributed by atoms with van der Waals surface area (Å²) in [6.07, 6.45) is 5.12. The third-order valence-corrected chi connectivity index (χ3v) is 4.82. The number of urea groups is 1. The van der Waals surface area contributed by atoms with Gasteiger partial charge in [0.1, 0.15) is 6.04 Å². The number of carbonyl (C=O) groups is 2. The molecule has 24 heavy (non-hydrogen) atoms. The quantitative estimate of drug-likeness (QED) is 0.793. The Morgan fingerprint density at radius 1 is 1.08 bits per heavy atom. The molecule has 6 heteroatoms. The number of para-hydroxylation sites is 1. The Hall–Kier alpha value is -2.08. The summed E-state index contributed by atoms with van der Waals surface area (Å²) in [5.41, 5.74) is 0.676. The number of β-amino-alcohol motifs (C(OH)–C–C–N with tert-alkyl or cyclic N) is 1. The summed E-state index contributed by atoms with van der Waals surface area (Å²) in [5, 5.41) is 15.8. The van der Waals surface area contributed by atoms with E-state index in [-0.39, 0.29) is 24.5 Å². The first-order valence-corrected chi connectivity index (χ1v) is 8.74. The van der Waals surface area contributed by atoms with Crippen LogP contribution in [0.3, 0.4) is 0 Å². The van der Waals surface area contributed by atoms with Gasteiger partial charge in [0.15, 0.2) is 0 Å². The van der Waals surface area contributed by atoms with Crippen LogP contribution in [0, 0.1) is 0 Å². The number of aliphatic hydroxyl groups is 1. The SMILES string of the molecule is O=C(NC1CCCCC1)[C@@H]1C[C@@H](O)CN1C(=O)Nc1ccccc1. The minimum Gasteiger partial charge on any atom is -0.391 e. The summed E-state index contributed by atoms with van der Waals surface area (Å²) >= 11 is 0. The second-order valence-corrected chi connectivity index (χ2v) is 6.70. The number of nitrogens with one attached hydrogen (secondary N) is 2. The molecule has 1 saturated heterocycles. The Morgan fingerprint density at radius 3 is 2.50 bits per heavy atom. The molecular formula is C18H25N3O3. The monoisotopic (exact) mass is 331 g/mol. The van der Waals surface area contributed by atoms with Crippen molar-refractivity contribution in [1.29, 1.82) is 0 Å². The molecule has 1 aromatic carbocycles. The van der Waals surface area contributed by atoms with Crippen molar-refractivity contribution in [3.05, 3.63) is 30.3 Å². The summed E-state index contributed by atoms with van der Waals surface area (Å²) in [6.45, 7) is 0.182. The highest BCUT2D eigenvalue weighted by Gasteiger charge is 2.39. The maximum atomic E-state index is 12.6. The van der Waals surface area contributed by atoms with Gasteiger partial charge in [-0.2, -0.15) is 0 Å². The van der Waals surface area contributed by atoms with E-state index in [1.54, 1.807) is 12.1 Å². The molecule has 0 aromatic heterocycles. The highest BCUT2D eigenvalue weighted by molar-refractivity contribution is 5.94. The van der Waals surface area contributed by atoms with Crippen molar-refractivity contribution in [1.82, 2.24) is 10.2 Å². The molecule has 0 radical (unpaired) electrons. The molecule has 3 amide bonds. The van der Waals surface area contributed by atoms with Gasteiger partial charge in [0, 0.05) is 24.7 Å². The van der Waals surface area contributed by atoms with Gasteiger partial charge in [0.25, 0.3) is 0 Å². The van der Waals surface area contributed by atoms with Gasteiger partial charge in [0.05, 0.1) is 6.10 Å². The predicted octanol–water partition coefficient (Wildman–Crippen LogP) is 2.10. The standard InChI is InChI=1S/C18H25N3O3/c22-15-11-16(17(23)19-13-7-3-1-4-8-13)21(12-15)18(24)20-14-9-5-2-6-10-14/h2,5-6,9-10,13,15-16,22H,1,3-4,7-8,11-12H2,(H,19,23)(H,20,24)/t15-,16+/m1/s1. The van der Waals surface area contributed by atoms with E-state index in [2.05, 4.69) is 10.6 Å². The van der Waals surface area contributed by atoms with Gasteiger partial charge in [-0.15, -0.1) is 0 Å². The molecular weight excluding hydrogens is 306 g/mol. The van der Waals surface area contributed by atoms with E-state index in [0.717, 1.165) is 25.7 Å². The van der Waals surface area contributed by atoms with Crippen LogP contribution in [0.4, 0.5) is 10.5 Å². The van der Waals surface area contributed by atoms with Crippen LogP contribution >= 0.6 is 0 Å². The van der Waals surface area contributed by atoms with Crippen LogP contribution in [-0.4, -0.2) is 46.7 Å². The van der Waals surface area contributed by atoms with Crippen molar-refractivity contribution < 1.29 is 14.7 Å². The molecule has 3 N–H and O–H groups in total. The molecule has 2 aliphatic rings. The van der Waals surface area contributed by atoms with E-state index >= 15 is 0 Å². The number of anilines is 1. The van der Waals surface area contributed by atoms with E-state index in [4.69, 9.17) is 0 Å². The second-order valence-electron chi connectivity index (χ2n) is 6.70. The van der Waals surface area contributed by atoms with Crippen molar-refractivity contribution >= 4 is 17.6 Å². The maximum absolute atomic E-state index is 12.6. The van der Waals surface area contributed by atoms with Crippen LogP contribution in [0.1, 0.15) is 38.5 Å². The lowest BCUT2D eigenvalue weighted by molar-refractivity contribution is -0.125. The van der Waals surface area contributed by atoms with Gasteiger partial charge < -0.3 is 20.6 Å².